The molecule has 1 atom stereocenters. The number of rotatable bonds is 4. The number of nitriles is 1. The zero-order valence-electron chi connectivity index (χ0n) is 15.8. The van der Waals surface area contributed by atoms with E-state index in [1.54, 1.807) is 0 Å². The third-order valence-corrected chi connectivity index (χ3v) is 7.16. The second-order valence-electron chi connectivity index (χ2n) is 7.21. The van der Waals surface area contributed by atoms with E-state index in [1.807, 2.05) is 4.90 Å². The van der Waals surface area contributed by atoms with E-state index in [-0.39, 0.29) is 21.0 Å². The van der Waals surface area contributed by atoms with Crippen LogP contribution >= 0.6 is 15.9 Å². The van der Waals surface area contributed by atoms with Crippen LogP contribution in [0, 0.1) is 11.3 Å². The molecule has 4 rings (SSSR count). The van der Waals surface area contributed by atoms with Gasteiger partial charge in [-0.2, -0.15) is 14.0 Å². The van der Waals surface area contributed by atoms with Crippen LogP contribution < -0.4 is 10.5 Å². The van der Waals surface area contributed by atoms with E-state index >= 15 is 0 Å². The average Bonchev–Trinajstić information content (AvgIpc) is 2.97. The van der Waals surface area contributed by atoms with Gasteiger partial charge in [-0.05, 0) is 53.4 Å². The highest BCUT2D eigenvalue weighted by atomic mass is 79.9. The van der Waals surface area contributed by atoms with Gasteiger partial charge in [-0.1, -0.05) is 0 Å². The van der Waals surface area contributed by atoms with Gasteiger partial charge < -0.3 is 15.0 Å². The van der Waals surface area contributed by atoms with E-state index in [0.717, 1.165) is 19.3 Å². The maximum absolute atomic E-state index is 14.7. The summed E-state index contributed by atoms with van der Waals surface area (Å²) in [4.78, 5) is 1.72. The van der Waals surface area contributed by atoms with Crippen molar-refractivity contribution < 1.29 is 26.3 Å². The van der Waals surface area contributed by atoms with Gasteiger partial charge in [0.25, 0.3) is 0 Å². The smallest absolute Gasteiger partial charge is 0.387 e. The Morgan fingerprint density at radius 1 is 1.35 bits per heavy atom. The van der Waals surface area contributed by atoms with Gasteiger partial charge >= 0.3 is 6.61 Å². The highest BCUT2D eigenvalue weighted by molar-refractivity contribution is 9.12. The van der Waals surface area contributed by atoms with Crippen LogP contribution in [0.4, 0.5) is 13.2 Å². The standard InChI is InChI=1S/C19H16BrF3N4O3S/c20-16-15-11(7-24)18(12-5-4-10(8-26-12)31(25,28)29)27(9-2-1-3-9)13(15)6-14(17(16)21)30-19(22)23/h4-6,8-9,13,19,26H,1-3H2,(H2,25,28,29). The summed E-state index contributed by atoms with van der Waals surface area (Å²) in [6.07, 6.45) is 7.73. The molecule has 0 amide bonds. The Labute approximate surface area is 184 Å². The predicted molar refractivity (Wildman–Crippen MR) is 109 cm³/mol. The average molecular weight is 517 g/mol. The van der Waals surface area contributed by atoms with Crippen molar-refractivity contribution in [2.24, 2.45) is 5.14 Å². The minimum Gasteiger partial charge on any atom is -0.432 e. The lowest BCUT2D eigenvalue weighted by Crippen LogP contribution is -2.44. The zero-order chi connectivity index (χ0) is 22.5. The zero-order valence-corrected chi connectivity index (χ0v) is 18.2. The van der Waals surface area contributed by atoms with Gasteiger partial charge in [0.15, 0.2) is 11.6 Å². The van der Waals surface area contributed by atoms with Crippen LogP contribution in [0.5, 0.6) is 0 Å². The summed E-state index contributed by atoms with van der Waals surface area (Å²) in [5.74, 6) is -1.63. The number of alkyl halides is 2. The molecule has 3 N–H and O–H groups in total. The number of nitrogens with two attached hydrogens (primary N) is 1. The molecule has 0 aromatic rings. The van der Waals surface area contributed by atoms with E-state index in [0.29, 0.717) is 17.0 Å². The second kappa shape index (κ2) is 7.89. The van der Waals surface area contributed by atoms with Gasteiger partial charge in [-0.3, -0.25) is 0 Å². The van der Waals surface area contributed by atoms with Gasteiger partial charge in [0.1, 0.15) is 6.07 Å². The lowest BCUT2D eigenvalue weighted by atomic mass is 9.89. The fourth-order valence-corrected chi connectivity index (χ4v) is 5.02. The summed E-state index contributed by atoms with van der Waals surface area (Å²) >= 11 is 3.11. The predicted octanol–water partition coefficient (Wildman–Crippen LogP) is 3.26. The number of sulfonamides is 1. The second-order valence-corrected chi connectivity index (χ2v) is 9.56. The molecule has 2 aliphatic heterocycles. The van der Waals surface area contributed by atoms with Crippen LogP contribution in [0.1, 0.15) is 19.3 Å². The number of ether oxygens (including phenoxy) is 1. The quantitative estimate of drug-likeness (QED) is 0.593. The van der Waals surface area contributed by atoms with Crippen molar-refractivity contribution in [3.8, 4) is 6.07 Å². The highest BCUT2D eigenvalue weighted by Gasteiger charge is 2.46. The van der Waals surface area contributed by atoms with Crippen molar-refractivity contribution in [1.29, 1.82) is 5.26 Å². The first-order valence-electron chi connectivity index (χ1n) is 9.21. The summed E-state index contributed by atoms with van der Waals surface area (Å²) in [5.41, 5.74) is 1.27. The van der Waals surface area contributed by atoms with Gasteiger partial charge in [0, 0.05) is 17.8 Å². The lowest BCUT2D eigenvalue weighted by Gasteiger charge is -2.42. The topological polar surface area (TPSA) is 108 Å². The van der Waals surface area contributed by atoms with Gasteiger partial charge in [0.05, 0.1) is 32.4 Å². The molecule has 12 heteroatoms. The Morgan fingerprint density at radius 2 is 2.06 bits per heavy atom. The fraction of sp³-hybridized carbons (Fsp3) is 0.316. The van der Waals surface area contributed by atoms with Crippen LogP contribution in [0.3, 0.4) is 0 Å². The molecule has 1 unspecified atom stereocenters. The van der Waals surface area contributed by atoms with E-state index in [4.69, 9.17) is 5.14 Å². The van der Waals surface area contributed by atoms with Crippen LogP contribution in [0.25, 0.3) is 0 Å². The first kappa shape index (κ1) is 21.7. The number of nitrogens with one attached hydrogen (secondary N) is 1. The summed E-state index contributed by atoms with van der Waals surface area (Å²) in [6.45, 7) is -3.21. The van der Waals surface area contributed by atoms with Crippen LogP contribution in [0.2, 0.25) is 0 Å². The number of dihydropyridines is 1. The molecule has 31 heavy (non-hydrogen) atoms. The molecule has 0 radical (unpaired) electrons. The molecule has 164 valence electrons. The maximum Gasteiger partial charge on any atom is 0.387 e. The Kier molecular flexibility index (Phi) is 5.53. The van der Waals surface area contributed by atoms with Crippen molar-refractivity contribution in [3.05, 3.63) is 67.9 Å². The molecule has 7 nitrogen and oxygen atoms in total. The van der Waals surface area contributed by atoms with Crippen molar-refractivity contribution in [2.45, 2.75) is 38.0 Å². The van der Waals surface area contributed by atoms with E-state index in [9.17, 15) is 26.9 Å². The lowest BCUT2D eigenvalue weighted by molar-refractivity contribution is -0.0962. The fourth-order valence-electron chi connectivity index (χ4n) is 3.91. The first-order valence-corrected chi connectivity index (χ1v) is 11.5. The van der Waals surface area contributed by atoms with Gasteiger partial charge in [0.2, 0.25) is 10.0 Å². The molecule has 0 aromatic carbocycles. The van der Waals surface area contributed by atoms with Crippen LogP contribution in [-0.2, 0) is 14.8 Å². The van der Waals surface area contributed by atoms with Crippen molar-refractivity contribution in [3.63, 3.8) is 0 Å². The summed E-state index contributed by atoms with van der Waals surface area (Å²) < 4.78 is 67.7. The Morgan fingerprint density at radius 3 is 2.55 bits per heavy atom. The molecule has 0 aromatic heterocycles. The molecule has 0 bridgehead atoms. The molecular formula is C19H16BrF3N4O3S. The number of hydrogen-bond acceptors (Lipinski definition) is 6. The molecule has 4 aliphatic rings. The van der Waals surface area contributed by atoms with Crippen molar-refractivity contribution in [1.82, 2.24) is 10.2 Å². The third kappa shape index (κ3) is 3.71. The highest BCUT2D eigenvalue weighted by Crippen LogP contribution is 2.50. The molecular weight excluding hydrogens is 501 g/mol. The number of nitrogens with zero attached hydrogens (tertiary/aromatic N) is 2. The summed E-state index contributed by atoms with van der Waals surface area (Å²) in [5, 5.41) is 17.9. The third-order valence-electron chi connectivity index (χ3n) is 5.48. The number of hydrogen-bond donors (Lipinski definition) is 2. The van der Waals surface area contributed by atoms with E-state index in [2.05, 4.69) is 32.1 Å². The molecule has 0 saturated heterocycles. The SMILES string of the molecule is N#CC1=C2C(Br)=C(F)C(OC(F)F)=CC2N(C2CCC2)C1=C1C=CC(S(N)(=O)=O)=CN1. The molecule has 2 heterocycles. The van der Waals surface area contributed by atoms with Crippen LogP contribution in [0.15, 0.2) is 67.9 Å². The molecule has 1 saturated carbocycles. The van der Waals surface area contributed by atoms with Gasteiger partial charge in [-0.15, -0.1) is 0 Å². The molecule has 0 spiro atoms. The van der Waals surface area contributed by atoms with E-state index in [1.165, 1.54) is 24.4 Å². The normalized spacial score (nSPS) is 26.4. The Balaban J connectivity index is 1.87. The number of fused-ring (bicyclic) bond motifs is 1. The monoisotopic (exact) mass is 516 g/mol. The number of primary sulfonamides is 1. The number of allylic oxidation sites excluding steroid dienone is 4. The largest absolute Gasteiger partial charge is 0.432 e. The Bertz CT molecular complexity index is 1170. The maximum atomic E-state index is 14.7. The molecule has 2 aliphatic carbocycles. The summed E-state index contributed by atoms with van der Waals surface area (Å²) in [6, 6.07) is 1.36. The van der Waals surface area contributed by atoms with Gasteiger partial charge in [-0.25, -0.2) is 17.9 Å². The minimum atomic E-state index is -3.93. The first-order chi connectivity index (χ1) is 14.6. The van der Waals surface area contributed by atoms with Crippen LogP contribution in [-0.4, -0.2) is 32.0 Å². The number of halogens is 4. The minimum absolute atomic E-state index is 0.0160. The van der Waals surface area contributed by atoms with Crippen molar-refractivity contribution >= 4 is 26.0 Å². The van der Waals surface area contributed by atoms with E-state index < -0.39 is 34.3 Å². The molecule has 1 fully saturated rings. The summed E-state index contributed by atoms with van der Waals surface area (Å²) in [7, 11) is -3.93. The Hall–Kier alpha value is -2.49. The van der Waals surface area contributed by atoms with Crippen molar-refractivity contribution in [2.75, 3.05) is 0 Å².